The van der Waals surface area contributed by atoms with Crippen molar-refractivity contribution in [3.8, 4) is 0 Å². The lowest BCUT2D eigenvalue weighted by Crippen LogP contribution is -2.03. The van der Waals surface area contributed by atoms with Crippen molar-refractivity contribution in [1.82, 2.24) is 0 Å². The molecule has 0 amide bonds. The molecule has 13 heavy (non-hydrogen) atoms. The smallest absolute Gasteiger partial charge is 0.450 e. The fourth-order valence-corrected chi connectivity index (χ4v) is 0. The highest BCUT2D eigenvalue weighted by Gasteiger charge is 1.83. The quantitative estimate of drug-likeness (QED) is 0.340. The van der Waals surface area contributed by atoms with E-state index in [4.69, 9.17) is 40.2 Å². The van der Waals surface area contributed by atoms with Crippen LogP contribution < -0.4 is 0 Å². The minimum Gasteiger partial charge on any atom is -0.450 e. The molecule has 0 aliphatic carbocycles. The summed E-state index contributed by atoms with van der Waals surface area (Å²) < 4.78 is 0. The maximum Gasteiger partial charge on any atom is 0.503 e. The van der Waals surface area contributed by atoms with Crippen LogP contribution in [0.25, 0.3) is 0 Å². The van der Waals surface area contributed by atoms with E-state index in [0.717, 1.165) is 0 Å². The fraction of sp³-hybridized carbons (Fsp3) is 0.600. The van der Waals surface area contributed by atoms with Gasteiger partial charge in [-0.05, 0) is 6.92 Å². The molecule has 0 aliphatic rings. The molecule has 0 rings (SSSR count). The van der Waals surface area contributed by atoms with Crippen LogP contribution in [0.4, 0.5) is 9.59 Å². The van der Waals surface area contributed by atoms with Crippen LogP contribution in [-0.4, -0.2) is 55.7 Å². The number of rotatable bonds is 1. The summed E-state index contributed by atoms with van der Waals surface area (Å²) in [5, 5.41) is 43.9. The van der Waals surface area contributed by atoms with E-state index >= 15 is 0 Å². The summed E-state index contributed by atoms with van der Waals surface area (Å²) in [7, 11) is 0. The van der Waals surface area contributed by atoms with Crippen molar-refractivity contribution >= 4 is 12.3 Å². The van der Waals surface area contributed by atoms with Gasteiger partial charge in [0.15, 0.2) is 0 Å². The van der Waals surface area contributed by atoms with Crippen molar-refractivity contribution in [3.63, 3.8) is 0 Å². The van der Waals surface area contributed by atoms with Crippen LogP contribution in [0.2, 0.25) is 0 Å². The van der Waals surface area contributed by atoms with Gasteiger partial charge in [0.05, 0.1) is 12.7 Å². The Bertz CT molecular complexity index is 110. The van der Waals surface area contributed by atoms with E-state index in [0.29, 0.717) is 0 Å². The molecule has 0 fully saturated rings. The Balaban J connectivity index is -0.000000117. The molecule has 0 aromatic heterocycles. The topological polar surface area (TPSA) is 156 Å². The third-order valence-electron chi connectivity index (χ3n) is 0.264. The van der Waals surface area contributed by atoms with Crippen molar-refractivity contribution in [2.24, 2.45) is 0 Å². The van der Waals surface area contributed by atoms with Gasteiger partial charge in [0.2, 0.25) is 0 Å². The molecule has 0 aromatic rings. The van der Waals surface area contributed by atoms with Crippen molar-refractivity contribution in [3.05, 3.63) is 0 Å². The van der Waals surface area contributed by atoms with Crippen LogP contribution in [0.5, 0.6) is 0 Å². The Morgan fingerprint density at radius 2 is 1.15 bits per heavy atom. The van der Waals surface area contributed by atoms with E-state index in [1.807, 2.05) is 0 Å². The molecule has 0 heterocycles. The first-order chi connectivity index (χ1) is 5.73. The molecule has 0 spiro atoms. The summed E-state index contributed by atoms with van der Waals surface area (Å²) in [5.41, 5.74) is 0. The zero-order chi connectivity index (χ0) is 11.4. The Kier molecular flexibility index (Phi) is 17.6. The van der Waals surface area contributed by atoms with E-state index in [2.05, 4.69) is 0 Å². The van der Waals surface area contributed by atoms with Crippen molar-refractivity contribution in [1.29, 1.82) is 0 Å². The summed E-state index contributed by atoms with van der Waals surface area (Å²) in [5.74, 6) is 0. The lowest BCUT2D eigenvalue weighted by molar-refractivity contribution is 0.110. The number of hydrogen-bond acceptors (Lipinski definition) is 4. The van der Waals surface area contributed by atoms with Crippen molar-refractivity contribution < 1.29 is 40.2 Å². The minimum atomic E-state index is -1.83. The van der Waals surface area contributed by atoms with E-state index in [-0.39, 0.29) is 6.61 Å². The second-order valence-electron chi connectivity index (χ2n) is 1.60. The normalized spacial score (nSPS) is 9.46. The Labute approximate surface area is 73.3 Å². The van der Waals surface area contributed by atoms with E-state index in [1.54, 1.807) is 0 Å². The van der Waals surface area contributed by atoms with Gasteiger partial charge in [-0.1, -0.05) is 0 Å². The molecule has 80 valence electrons. The highest BCUT2D eigenvalue weighted by Crippen LogP contribution is 1.68. The van der Waals surface area contributed by atoms with Gasteiger partial charge in [-0.2, -0.15) is 0 Å². The molecule has 8 nitrogen and oxygen atoms in total. The Morgan fingerprint density at radius 3 is 1.15 bits per heavy atom. The summed E-state index contributed by atoms with van der Waals surface area (Å²) in [6, 6.07) is 0. The van der Waals surface area contributed by atoms with Gasteiger partial charge in [0.1, 0.15) is 0 Å². The fourth-order valence-electron chi connectivity index (χ4n) is 0. The highest BCUT2D eigenvalue weighted by atomic mass is 16.6. The zero-order valence-corrected chi connectivity index (χ0v) is 6.78. The Morgan fingerprint density at radius 1 is 1.08 bits per heavy atom. The number of hydrogen-bond donors (Lipinski definition) is 6. The molecule has 1 unspecified atom stereocenters. The van der Waals surface area contributed by atoms with Gasteiger partial charge in [-0.25, -0.2) is 9.59 Å². The molecule has 0 saturated heterocycles. The molecular weight excluding hydrogens is 188 g/mol. The maximum absolute atomic E-state index is 8.56. The summed E-state index contributed by atoms with van der Waals surface area (Å²) >= 11 is 0. The predicted octanol–water partition coefficient (Wildman–Crippen LogP) is -0.196. The van der Waals surface area contributed by atoms with Crippen LogP contribution >= 0.6 is 0 Å². The first kappa shape index (κ1) is 17.5. The molecule has 1 atom stereocenters. The monoisotopic (exact) mass is 200 g/mol. The molecule has 0 aromatic carbocycles. The van der Waals surface area contributed by atoms with Crippen LogP contribution in [0, 0.1) is 0 Å². The molecule has 0 bridgehead atoms. The predicted molar refractivity (Wildman–Crippen MR) is 40.1 cm³/mol. The molecule has 0 aliphatic heterocycles. The summed E-state index contributed by atoms with van der Waals surface area (Å²) in [6.07, 6.45) is -4.23. The number of carbonyl (C=O) groups is 2. The molecule has 0 saturated carbocycles. The second kappa shape index (κ2) is 13.1. The first-order valence-corrected chi connectivity index (χ1v) is 2.86. The largest absolute Gasteiger partial charge is 0.503 e. The Hall–Kier alpha value is -1.54. The van der Waals surface area contributed by atoms with Crippen LogP contribution in [0.15, 0.2) is 0 Å². The van der Waals surface area contributed by atoms with Gasteiger partial charge in [-0.15, -0.1) is 0 Å². The molecular formula is C5H12O8. The van der Waals surface area contributed by atoms with Gasteiger partial charge in [0, 0.05) is 0 Å². The highest BCUT2D eigenvalue weighted by molar-refractivity contribution is 5.53. The second-order valence-corrected chi connectivity index (χ2v) is 1.60. The number of carboxylic acid groups (broad SMARTS) is 4. The van der Waals surface area contributed by atoms with Gasteiger partial charge < -0.3 is 30.6 Å². The average Bonchev–Trinajstić information content (AvgIpc) is 1.84. The van der Waals surface area contributed by atoms with E-state index in [9.17, 15) is 0 Å². The van der Waals surface area contributed by atoms with Crippen molar-refractivity contribution in [2.75, 3.05) is 6.61 Å². The molecule has 0 radical (unpaired) electrons. The lowest BCUT2D eigenvalue weighted by atomic mass is 10.5. The van der Waals surface area contributed by atoms with Crippen LogP contribution in [0.3, 0.4) is 0 Å². The third-order valence-corrected chi connectivity index (χ3v) is 0.264. The number of aliphatic hydroxyl groups is 2. The average molecular weight is 200 g/mol. The number of aliphatic hydroxyl groups excluding tert-OH is 2. The SMILES string of the molecule is CC(O)CO.O=C(O)O.O=C(O)O. The van der Waals surface area contributed by atoms with Crippen molar-refractivity contribution in [2.45, 2.75) is 13.0 Å². The van der Waals surface area contributed by atoms with Crippen LogP contribution in [0.1, 0.15) is 6.92 Å². The summed E-state index contributed by atoms with van der Waals surface area (Å²) in [4.78, 5) is 17.1. The maximum atomic E-state index is 8.56. The standard InChI is InChI=1S/C3H8O2.2CH2O3/c1-3(5)2-4;2*2-1(3)4/h3-5H,2H2,1H3;2*(H2,2,3,4). The van der Waals surface area contributed by atoms with E-state index in [1.165, 1.54) is 6.92 Å². The van der Waals surface area contributed by atoms with Gasteiger partial charge in [0.25, 0.3) is 0 Å². The van der Waals surface area contributed by atoms with E-state index < -0.39 is 18.4 Å². The minimum absolute atomic E-state index is 0.139. The molecule has 8 heteroatoms. The zero-order valence-electron chi connectivity index (χ0n) is 6.78. The van der Waals surface area contributed by atoms with Gasteiger partial charge >= 0.3 is 12.3 Å². The van der Waals surface area contributed by atoms with Gasteiger partial charge in [-0.3, -0.25) is 0 Å². The van der Waals surface area contributed by atoms with Crippen LogP contribution in [-0.2, 0) is 0 Å². The molecule has 6 N–H and O–H groups in total. The lowest BCUT2D eigenvalue weighted by Gasteiger charge is -1.90. The first-order valence-electron chi connectivity index (χ1n) is 2.86. The summed E-state index contributed by atoms with van der Waals surface area (Å²) in [6.45, 7) is 1.39. The third kappa shape index (κ3) is 3540.